The van der Waals surface area contributed by atoms with Crippen molar-refractivity contribution in [3.63, 3.8) is 0 Å². The third-order valence-electron chi connectivity index (χ3n) is 5.40. The topological polar surface area (TPSA) is 24.9 Å². The van der Waals surface area contributed by atoms with Crippen LogP contribution < -0.4 is 4.74 Å². The van der Waals surface area contributed by atoms with E-state index >= 15 is 0 Å². The molecule has 0 N–H and O–H groups in total. The summed E-state index contributed by atoms with van der Waals surface area (Å²) in [5, 5.41) is 1.79. The first-order valence-corrected chi connectivity index (χ1v) is 12.4. The zero-order valence-electron chi connectivity index (χ0n) is 18.7. The van der Waals surface area contributed by atoms with E-state index in [0.29, 0.717) is 35.0 Å². The molecule has 35 heavy (non-hydrogen) atoms. The van der Waals surface area contributed by atoms with E-state index < -0.39 is 11.6 Å². The highest BCUT2D eigenvalue weighted by Gasteiger charge is 2.29. The van der Waals surface area contributed by atoms with Gasteiger partial charge in [-0.2, -0.15) is 0 Å². The van der Waals surface area contributed by atoms with Crippen molar-refractivity contribution in [1.82, 2.24) is 9.80 Å². The number of ether oxygens (including phenoxy) is 2. The van der Waals surface area contributed by atoms with Crippen LogP contribution in [0.15, 0.2) is 85.2 Å². The SMILES string of the molecule is Br.Clc1ccc(C(OCc2ccc(Cl)cc2Cl)C(Cl)N2C=CN(CCOc3ccccc3)C2)cc1. The molecule has 4 nitrogen and oxygen atoms in total. The van der Waals surface area contributed by atoms with Gasteiger partial charge in [-0.15, -0.1) is 17.0 Å². The van der Waals surface area contributed by atoms with Crippen molar-refractivity contribution >= 4 is 63.4 Å². The van der Waals surface area contributed by atoms with Crippen LogP contribution in [0.25, 0.3) is 0 Å². The Labute approximate surface area is 236 Å². The predicted octanol–water partition coefficient (Wildman–Crippen LogP) is 8.17. The van der Waals surface area contributed by atoms with Crippen LogP contribution in [-0.2, 0) is 11.3 Å². The molecule has 0 bridgehead atoms. The minimum atomic E-state index is -0.455. The number of nitrogens with zero attached hydrogens (tertiary/aromatic N) is 2. The van der Waals surface area contributed by atoms with Gasteiger partial charge in [-0.1, -0.05) is 82.8 Å². The molecule has 0 fully saturated rings. The molecule has 0 aliphatic carbocycles. The number of benzene rings is 3. The molecule has 0 spiro atoms. The zero-order valence-corrected chi connectivity index (χ0v) is 23.4. The minimum absolute atomic E-state index is 0. The molecular formula is C26H25BrCl4N2O2. The largest absolute Gasteiger partial charge is 0.492 e. The third-order valence-corrected chi connectivity index (χ3v) is 6.72. The maximum atomic E-state index is 6.96. The summed E-state index contributed by atoms with van der Waals surface area (Å²) in [4.78, 5) is 4.18. The molecular weight excluding hydrogens is 594 g/mol. The molecule has 0 saturated carbocycles. The molecule has 186 valence electrons. The lowest BCUT2D eigenvalue weighted by atomic mass is 10.1. The fourth-order valence-corrected chi connectivity index (χ4v) is 4.50. The lowest BCUT2D eigenvalue weighted by molar-refractivity contribution is 0.00651. The van der Waals surface area contributed by atoms with E-state index in [2.05, 4.69) is 4.90 Å². The van der Waals surface area contributed by atoms with Crippen LogP contribution in [0.5, 0.6) is 5.75 Å². The third kappa shape index (κ3) is 7.94. The first-order chi connectivity index (χ1) is 16.5. The number of halogens is 5. The minimum Gasteiger partial charge on any atom is -0.492 e. The first-order valence-electron chi connectivity index (χ1n) is 10.8. The highest BCUT2D eigenvalue weighted by Crippen LogP contribution is 2.32. The van der Waals surface area contributed by atoms with Crippen LogP contribution in [0.1, 0.15) is 17.2 Å². The van der Waals surface area contributed by atoms with Crippen molar-refractivity contribution in [2.24, 2.45) is 0 Å². The Bertz CT molecular complexity index is 1100. The monoisotopic (exact) mass is 616 g/mol. The van der Waals surface area contributed by atoms with Gasteiger partial charge in [0, 0.05) is 27.5 Å². The Morgan fingerprint density at radius 1 is 0.857 bits per heavy atom. The zero-order chi connectivity index (χ0) is 23.9. The molecule has 2 atom stereocenters. The van der Waals surface area contributed by atoms with Crippen molar-refractivity contribution in [2.45, 2.75) is 18.2 Å². The van der Waals surface area contributed by atoms with E-state index in [0.717, 1.165) is 23.4 Å². The number of hydrogen-bond acceptors (Lipinski definition) is 4. The highest BCUT2D eigenvalue weighted by atomic mass is 79.9. The van der Waals surface area contributed by atoms with Crippen LogP contribution in [0, 0.1) is 0 Å². The fourth-order valence-electron chi connectivity index (χ4n) is 3.57. The average molecular weight is 619 g/mol. The second kappa shape index (κ2) is 13.6. The second-order valence-electron chi connectivity index (χ2n) is 7.82. The van der Waals surface area contributed by atoms with Gasteiger partial charge in [-0.3, -0.25) is 0 Å². The second-order valence-corrected chi connectivity index (χ2v) is 9.55. The normalized spacial score (nSPS) is 14.5. The Morgan fingerprint density at radius 3 is 2.29 bits per heavy atom. The Hall–Kier alpha value is -1.60. The lowest BCUT2D eigenvalue weighted by Crippen LogP contribution is -2.36. The van der Waals surface area contributed by atoms with Gasteiger partial charge in [0.05, 0.1) is 19.8 Å². The van der Waals surface area contributed by atoms with Gasteiger partial charge >= 0.3 is 0 Å². The molecule has 3 aromatic carbocycles. The maximum absolute atomic E-state index is 6.96. The summed E-state index contributed by atoms with van der Waals surface area (Å²) in [6, 6.07) is 22.6. The number of alkyl halides is 1. The molecule has 0 saturated heterocycles. The van der Waals surface area contributed by atoms with Gasteiger partial charge in [0.1, 0.15) is 24.0 Å². The number of hydrogen-bond donors (Lipinski definition) is 0. The van der Waals surface area contributed by atoms with Crippen molar-refractivity contribution in [1.29, 1.82) is 0 Å². The van der Waals surface area contributed by atoms with Gasteiger partial charge < -0.3 is 19.3 Å². The van der Waals surface area contributed by atoms with E-state index in [4.69, 9.17) is 55.9 Å². The highest BCUT2D eigenvalue weighted by molar-refractivity contribution is 8.93. The Morgan fingerprint density at radius 2 is 1.57 bits per heavy atom. The molecule has 1 aliphatic rings. The summed E-state index contributed by atoms with van der Waals surface area (Å²) < 4.78 is 12.1. The van der Waals surface area contributed by atoms with Crippen molar-refractivity contribution in [3.05, 3.63) is 111 Å². The van der Waals surface area contributed by atoms with Crippen LogP contribution >= 0.6 is 63.4 Å². The molecule has 0 aromatic heterocycles. The van der Waals surface area contributed by atoms with E-state index in [-0.39, 0.29) is 17.0 Å². The Kier molecular flexibility index (Phi) is 10.9. The molecule has 0 amide bonds. The van der Waals surface area contributed by atoms with Crippen molar-refractivity contribution in [3.8, 4) is 5.75 Å². The first kappa shape index (κ1) is 28.0. The smallest absolute Gasteiger partial charge is 0.135 e. The summed E-state index contributed by atoms with van der Waals surface area (Å²) in [7, 11) is 0. The number of rotatable bonds is 10. The predicted molar refractivity (Wildman–Crippen MR) is 150 cm³/mol. The van der Waals surface area contributed by atoms with Gasteiger partial charge in [0.2, 0.25) is 0 Å². The molecule has 1 aliphatic heterocycles. The summed E-state index contributed by atoms with van der Waals surface area (Å²) in [6.45, 7) is 2.22. The summed E-state index contributed by atoms with van der Waals surface area (Å²) in [5.41, 5.74) is 1.31. The van der Waals surface area contributed by atoms with E-state index in [1.807, 2.05) is 78.0 Å². The number of para-hydroxylation sites is 1. The molecule has 2 unspecified atom stereocenters. The van der Waals surface area contributed by atoms with E-state index in [1.165, 1.54) is 0 Å². The van der Waals surface area contributed by atoms with Gasteiger partial charge in [-0.05, 0) is 47.5 Å². The molecule has 9 heteroatoms. The van der Waals surface area contributed by atoms with Crippen LogP contribution in [0.2, 0.25) is 15.1 Å². The van der Waals surface area contributed by atoms with Crippen LogP contribution in [-0.4, -0.2) is 35.1 Å². The fraction of sp³-hybridized carbons (Fsp3) is 0.231. The van der Waals surface area contributed by atoms with Gasteiger partial charge in [0.25, 0.3) is 0 Å². The van der Waals surface area contributed by atoms with Gasteiger partial charge in [-0.25, -0.2) is 0 Å². The molecule has 0 radical (unpaired) electrons. The summed E-state index contributed by atoms with van der Waals surface area (Å²) in [6.07, 6.45) is 3.57. The molecule has 3 aromatic rings. The maximum Gasteiger partial charge on any atom is 0.135 e. The molecule has 1 heterocycles. The van der Waals surface area contributed by atoms with Crippen molar-refractivity contribution < 1.29 is 9.47 Å². The van der Waals surface area contributed by atoms with E-state index in [1.54, 1.807) is 12.1 Å². The van der Waals surface area contributed by atoms with Crippen molar-refractivity contribution in [2.75, 3.05) is 19.8 Å². The van der Waals surface area contributed by atoms with Crippen LogP contribution in [0.4, 0.5) is 0 Å². The lowest BCUT2D eigenvalue weighted by Gasteiger charge is -2.31. The van der Waals surface area contributed by atoms with Crippen LogP contribution in [0.3, 0.4) is 0 Å². The standard InChI is InChI=1S/C26H24Cl4N2O2.BrH/c27-21-9-6-19(7-10-21)25(34-17-20-8-11-22(28)16-24(20)29)26(30)32-13-12-31(18-32)14-15-33-23-4-2-1-3-5-23;/h1-13,16,25-26H,14-15,17-18H2;1H. The summed E-state index contributed by atoms with van der Waals surface area (Å²) in [5.74, 6) is 0.856. The molecule has 4 rings (SSSR count). The van der Waals surface area contributed by atoms with Gasteiger partial charge in [0.15, 0.2) is 0 Å². The average Bonchev–Trinajstić information content (AvgIpc) is 3.31. The summed E-state index contributed by atoms with van der Waals surface area (Å²) >= 11 is 25.4. The Balaban J connectivity index is 0.00000342. The quantitative estimate of drug-likeness (QED) is 0.169. The van der Waals surface area contributed by atoms with E-state index in [9.17, 15) is 0 Å².